The molecule has 6 heteroatoms. The van der Waals surface area contributed by atoms with Gasteiger partial charge in [0, 0.05) is 16.9 Å². The highest BCUT2D eigenvalue weighted by Crippen LogP contribution is 2.16. The molecular weight excluding hydrogens is 320 g/mol. The van der Waals surface area contributed by atoms with Crippen molar-refractivity contribution in [3.8, 4) is 0 Å². The highest BCUT2D eigenvalue weighted by molar-refractivity contribution is 6.06. The van der Waals surface area contributed by atoms with E-state index in [1.165, 1.54) is 6.26 Å². The quantitative estimate of drug-likeness (QED) is 0.667. The van der Waals surface area contributed by atoms with Crippen molar-refractivity contribution < 1.29 is 19.1 Å². The van der Waals surface area contributed by atoms with Gasteiger partial charge < -0.3 is 20.2 Å². The lowest BCUT2D eigenvalue weighted by atomic mass is 10.1. The van der Waals surface area contributed by atoms with Crippen molar-refractivity contribution in [2.75, 3.05) is 10.6 Å². The summed E-state index contributed by atoms with van der Waals surface area (Å²) in [5.41, 5.74) is 2.17. The fourth-order valence-corrected chi connectivity index (χ4v) is 2.29. The Morgan fingerprint density at radius 3 is 2.32 bits per heavy atom. The van der Waals surface area contributed by atoms with Crippen molar-refractivity contribution >= 4 is 23.2 Å². The molecule has 0 bridgehead atoms. The largest absolute Gasteiger partial charge is 0.459 e. The first-order chi connectivity index (χ1) is 12.2. The van der Waals surface area contributed by atoms with E-state index in [1.54, 1.807) is 60.7 Å². The van der Waals surface area contributed by atoms with E-state index < -0.39 is 5.91 Å². The summed E-state index contributed by atoms with van der Waals surface area (Å²) in [6.07, 6.45) is 1.42. The standard InChI is InChI=1S/C19H16N2O4/c22-12-13-4-1-6-15(10-13)20-18(23)14-5-2-7-16(11-14)21-19(24)17-8-3-9-25-17/h1-11,22H,12H2,(H,20,23)(H,21,24). The Hall–Kier alpha value is -3.38. The van der Waals surface area contributed by atoms with Crippen LogP contribution in [0.1, 0.15) is 26.5 Å². The maximum Gasteiger partial charge on any atom is 0.291 e. The Morgan fingerprint density at radius 2 is 1.60 bits per heavy atom. The van der Waals surface area contributed by atoms with Crippen LogP contribution in [0.3, 0.4) is 0 Å². The molecule has 0 aliphatic rings. The summed E-state index contributed by atoms with van der Waals surface area (Å²) < 4.78 is 5.03. The smallest absolute Gasteiger partial charge is 0.291 e. The number of hydrogen-bond acceptors (Lipinski definition) is 4. The molecule has 2 amide bonds. The number of carbonyl (C=O) groups excluding carboxylic acids is 2. The van der Waals surface area contributed by atoms with Gasteiger partial charge in [0.1, 0.15) is 0 Å². The van der Waals surface area contributed by atoms with Gasteiger partial charge >= 0.3 is 0 Å². The second-order valence-electron chi connectivity index (χ2n) is 5.32. The van der Waals surface area contributed by atoms with Gasteiger partial charge in [-0.05, 0) is 48.0 Å². The van der Waals surface area contributed by atoms with E-state index in [-0.39, 0.29) is 18.3 Å². The summed E-state index contributed by atoms with van der Waals surface area (Å²) in [5.74, 6) is -0.516. The third-order valence-electron chi connectivity index (χ3n) is 3.50. The molecule has 25 heavy (non-hydrogen) atoms. The summed E-state index contributed by atoms with van der Waals surface area (Å²) in [6.45, 7) is -0.0992. The van der Waals surface area contributed by atoms with E-state index in [0.717, 1.165) is 0 Å². The minimum atomic E-state index is -0.391. The molecule has 3 N–H and O–H groups in total. The van der Waals surface area contributed by atoms with Gasteiger partial charge in [-0.25, -0.2) is 0 Å². The zero-order valence-electron chi connectivity index (χ0n) is 13.2. The fourth-order valence-electron chi connectivity index (χ4n) is 2.29. The molecule has 6 nitrogen and oxygen atoms in total. The van der Waals surface area contributed by atoms with E-state index in [0.29, 0.717) is 22.5 Å². The molecule has 0 radical (unpaired) electrons. The lowest BCUT2D eigenvalue weighted by molar-refractivity contribution is 0.0993. The molecule has 0 aliphatic heterocycles. The van der Waals surface area contributed by atoms with E-state index >= 15 is 0 Å². The number of aliphatic hydroxyl groups is 1. The highest BCUT2D eigenvalue weighted by Gasteiger charge is 2.11. The van der Waals surface area contributed by atoms with Gasteiger partial charge in [-0.2, -0.15) is 0 Å². The molecule has 0 saturated heterocycles. The number of nitrogens with one attached hydrogen (secondary N) is 2. The molecule has 0 aliphatic carbocycles. The van der Waals surface area contributed by atoms with Crippen molar-refractivity contribution in [2.24, 2.45) is 0 Å². The van der Waals surface area contributed by atoms with Crippen LogP contribution < -0.4 is 10.6 Å². The fraction of sp³-hybridized carbons (Fsp3) is 0.0526. The summed E-state index contributed by atoms with van der Waals surface area (Å²) >= 11 is 0. The van der Waals surface area contributed by atoms with E-state index in [1.807, 2.05) is 0 Å². The normalized spacial score (nSPS) is 10.3. The Bertz CT molecular complexity index is 888. The van der Waals surface area contributed by atoms with Crippen molar-refractivity contribution in [1.29, 1.82) is 0 Å². The van der Waals surface area contributed by atoms with Gasteiger partial charge in [0.15, 0.2) is 5.76 Å². The van der Waals surface area contributed by atoms with Gasteiger partial charge in [0.2, 0.25) is 0 Å². The minimum absolute atomic E-state index is 0.0992. The highest BCUT2D eigenvalue weighted by atomic mass is 16.3. The number of amides is 2. The summed E-state index contributed by atoms with van der Waals surface area (Å²) in [6, 6.07) is 16.7. The molecule has 3 rings (SSSR count). The first-order valence-corrected chi connectivity index (χ1v) is 7.62. The number of furan rings is 1. The van der Waals surface area contributed by atoms with E-state index in [2.05, 4.69) is 10.6 Å². The first-order valence-electron chi connectivity index (χ1n) is 7.62. The van der Waals surface area contributed by atoms with Crippen molar-refractivity contribution in [3.63, 3.8) is 0 Å². The van der Waals surface area contributed by atoms with E-state index in [9.17, 15) is 9.59 Å². The molecule has 2 aromatic carbocycles. The summed E-state index contributed by atoms with van der Waals surface area (Å²) in [5, 5.41) is 14.6. The van der Waals surface area contributed by atoms with Crippen LogP contribution >= 0.6 is 0 Å². The average molecular weight is 336 g/mol. The molecule has 0 saturated carbocycles. The van der Waals surface area contributed by atoms with Crippen LogP contribution in [-0.2, 0) is 6.61 Å². The second kappa shape index (κ2) is 7.46. The molecule has 0 spiro atoms. The predicted octanol–water partition coefficient (Wildman–Crippen LogP) is 3.28. The molecule has 0 fully saturated rings. The predicted molar refractivity (Wildman–Crippen MR) is 93.4 cm³/mol. The zero-order chi connectivity index (χ0) is 17.6. The molecule has 126 valence electrons. The Morgan fingerprint density at radius 1 is 0.880 bits per heavy atom. The lowest BCUT2D eigenvalue weighted by Gasteiger charge is -2.08. The molecular formula is C19H16N2O4. The maximum atomic E-state index is 12.4. The minimum Gasteiger partial charge on any atom is -0.459 e. The number of carbonyl (C=O) groups is 2. The number of rotatable bonds is 5. The molecule has 0 unspecified atom stereocenters. The van der Waals surface area contributed by atoms with Crippen molar-refractivity contribution in [3.05, 3.63) is 83.8 Å². The molecule has 3 aromatic rings. The second-order valence-corrected chi connectivity index (χ2v) is 5.32. The van der Waals surface area contributed by atoms with Gasteiger partial charge in [-0.1, -0.05) is 18.2 Å². The van der Waals surface area contributed by atoms with Crippen LogP contribution in [0.4, 0.5) is 11.4 Å². The summed E-state index contributed by atoms with van der Waals surface area (Å²) in [7, 11) is 0. The molecule has 1 aromatic heterocycles. The zero-order valence-corrected chi connectivity index (χ0v) is 13.2. The molecule has 0 atom stereocenters. The van der Waals surface area contributed by atoms with Gasteiger partial charge in [-0.3, -0.25) is 9.59 Å². The number of aliphatic hydroxyl groups excluding tert-OH is 1. The average Bonchev–Trinajstić information content (AvgIpc) is 3.17. The van der Waals surface area contributed by atoms with Crippen molar-refractivity contribution in [1.82, 2.24) is 0 Å². The van der Waals surface area contributed by atoms with Crippen molar-refractivity contribution in [2.45, 2.75) is 6.61 Å². The maximum absolute atomic E-state index is 12.4. The Labute approximate surface area is 144 Å². The van der Waals surface area contributed by atoms with Crippen LogP contribution in [0.25, 0.3) is 0 Å². The van der Waals surface area contributed by atoms with Crippen LogP contribution in [0.2, 0.25) is 0 Å². The lowest BCUT2D eigenvalue weighted by Crippen LogP contribution is -2.14. The first kappa shape index (κ1) is 16.5. The Kier molecular flexibility index (Phi) is 4.92. The van der Waals surface area contributed by atoms with Gasteiger partial charge in [-0.15, -0.1) is 0 Å². The van der Waals surface area contributed by atoms with Gasteiger partial charge in [0.25, 0.3) is 11.8 Å². The SMILES string of the molecule is O=C(Nc1cccc(CO)c1)c1cccc(NC(=O)c2ccco2)c1. The number of hydrogen-bond donors (Lipinski definition) is 3. The van der Waals surface area contributed by atoms with E-state index in [4.69, 9.17) is 9.52 Å². The van der Waals surface area contributed by atoms with Crippen LogP contribution in [-0.4, -0.2) is 16.9 Å². The number of anilines is 2. The Balaban J connectivity index is 1.72. The summed E-state index contributed by atoms with van der Waals surface area (Å²) in [4.78, 5) is 24.4. The number of benzene rings is 2. The molecule has 1 heterocycles. The third-order valence-corrected chi connectivity index (χ3v) is 3.50. The topological polar surface area (TPSA) is 91.6 Å². The van der Waals surface area contributed by atoms with Crippen LogP contribution in [0, 0.1) is 0 Å². The van der Waals surface area contributed by atoms with Crippen LogP contribution in [0.15, 0.2) is 71.3 Å². The third kappa shape index (κ3) is 4.13. The van der Waals surface area contributed by atoms with Gasteiger partial charge in [0.05, 0.1) is 12.9 Å². The monoisotopic (exact) mass is 336 g/mol. The van der Waals surface area contributed by atoms with Crippen LogP contribution in [0.5, 0.6) is 0 Å².